The topological polar surface area (TPSA) is 58.1 Å². The Morgan fingerprint density at radius 1 is 0.870 bits per heavy atom. The van der Waals surface area contributed by atoms with Gasteiger partial charge in [-0.05, 0) is 96.0 Å². The molecule has 8 heteroatoms. The van der Waals surface area contributed by atoms with E-state index >= 15 is 0 Å². The number of aromatic nitrogens is 1. The van der Waals surface area contributed by atoms with E-state index in [4.69, 9.17) is 21.1 Å². The second-order valence-corrected chi connectivity index (χ2v) is 14.9. The van der Waals surface area contributed by atoms with Crippen LogP contribution in [0.5, 0.6) is 17.4 Å². The number of pyridine rings is 1. The third-order valence-corrected chi connectivity index (χ3v) is 10.2. The van der Waals surface area contributed by atoms with E-state index in [1.807, 2.05) is 30.0 Å². The molecule has 0 bridgehead atoms. The van der Waals surface area contributed by atoms with Crippen molar-refractivity contribution in [1.29, 1.82) is 0 Å². The molecule has 0 atom stereocenters. The minimum atomic E-state index is 0.00262. The van der Waals surface area contributed by atoms with Crippen LogP contribution in [0.3, 0.4) is 0 Å². The van der Waals surface area contributed by atoms with Crippen LogP contribution in [0.25, 0.3) is 6.08 Å². The fraction of sp³-hybridized carbons (Fsp3) is 0.304. The summed E-state index contributed by atoms with van der Waals surface area (Å²) < 4.78 is 11.9. The van der Waals surface area contributed by atoms with Crippen molar-refractivity contribution in [3.8, 4) is 17.4 Å². The quantitative estimate of drug-likeness (QED) is 0.106. The third kappa shape index (κ3) is 10.7. The average molecular weight is 743 g/mol. The van der Waals surface area contributed by atoms with Crippen molar-refractivity contribution in [3.05, 3.63) is 153 Å². The van der Waals surface area contributed by atoms with Crippen LogP contribution < -0.4 is 14.4 Å². The first-order chi connectivity index (χ1) is 26.1. The van der Waals surface area contributed by atoms with Gasteiger partial charge < -0.3 is 19.3 Å². The Kier molecular flexibility index (Phi) is 13.1. The maximum absolute atomic E-state index is 13.1. The maximum Gasteiger partial charge on any atom is 0.246 e. The molecule has 1 aromatic heterocycles. The minimum Gasteiger partial charge on any atom is -0.487 e. The van der Waals surface area contributed by atoms with Gasteiger partial charge in [0.15, 0.2) is 5.75 Å². The number of ether oxygens (including phenoxy) is 2. The monoisotopic (exact) mass is 742 g/mol. The number of halogens is 1. The van der Waals surface area contributed by atoms with Gasteiger partial charge in [0.1, 0.15) is 12.4 Å². The molecule has 4 aromatic carbocycles. The molecule has 5 aromatic rings. The lowest BCUT2D eigenvalue weighted by Crippen LogP contribution is -2.47. The molecule has 6 rings (SSSR count). The van der Waals surface area contributed by atoms with Gasteiger partial charge in [0.05, 0.1) is 11.2 Å². The van der Waals surface area contributed by atoms with E-state index in [-0.39, 0.29) is 5.91 Å². The van der Waals surface area contributed by atoms with Crippen molar-refractivity contribution in [1.82, 2.24) is 14.8 Å². The number of anilines is 1. The van der Waals surface area contributed by atoms with Gasteiger partial charge >= 0.3 is 0 Å². The first-order valence-electron chi connectivity index (χ1n) is 18.8. The number of benzene rings is 4. The first-order valence-corrected chi connectivity index (χ1v) is 19.2. The lowest BCUT2D eigenvalue weighted by atomic mass is 10.0. The summed E-state index contributed by atoms with van der Waals surface area (Å²) in [5.74, 6) is 2.15. The SMILES string of the molecule is Cc1ccc(COc2ccc(Oc3c(C)cc(/C=C/C(=O)N4CCN(Cc5ccc(CCN(C)c6ccc(C(C)C)cc6)cc5)CC4)cc3Cl)nc2)cc1. The predicted molar refractivity (Wildman–Crippen MR) is 221 cm³/mol. The molecule has 0 N–H and O–H groups in total. The molecule has 1 aliphatic rings. The summed E-state index contributed by atoms with van der Waals surface area (Å²) in [5, 5.41) is 0.449. The zero-order valence-electron chi connectivity index (χ0n) is 32.1. The predicted octanol–water partition coefficient (Wildman–Crippen LogP) is 9.88. The summed E-state index contributed by atoms with van der Waals surface area (Å²) in [6, 6.07) is 33.5. The molecule has 0 spiro atoms. The molecule has 1 amide bonds. The van der Waals surface area contributed by atoms with Crippen molar-refractivity contribution in [2.45, 2.75) is 53.2 Å². The van der Waals surface area contributed by atoms with Crippen LogP contribution in [-0.2, 0) is 24.4 Å². The summed E-state index contributed by atoms with van der Waals surface area (Å²) in [6.45, 7) is 13.8. The molecule has 1 fully saturated rings. The van der Waals surface area contributed by atoms with Crippen LogP contribution >= 0.6 is 11.6 Å². The lowest BCUT2D eigenvalue weighted by Gasteiger charge is -2.34. The molecule has 7 nitrogen and oxygen atoms in total. The number of rotatable bonds is 14. The van der Waals surface area contributed by atoms with E-state index < -0.39 is 0 Å². The molecule has 0 aliphatic carbocycles. The lowest BCUT2D eigenvalue weighted by molar-refractivity contribution is -0.127. The van der Waals surface area contributed by atoms with E-state index in [9.17, 15) is 4.79 Å². The van der Waals surface area contributed by atoms with Crippen LogP contribution in [0.15, 0.2) is 109 Å². The van der Waals surface area contributed by atoms with Gasteiger partial charge in [0.2, 0.25) is 11.8 Å². The zero-order valence-corrected chi connectivity index (χ0v) is 32.9. The summed E-state index contributed by atoms with van der Waals surface area (Å²) in [5.41, 5.74) is 9.24. The molecule has 54 heavy (non-hydrogen) atoms. The summed E-state index contributed by atoms with van der Waals surface area (Å²) in [6.07, 6.45) is 6.09. The molecule has 0 saturated carbocycles. The Hall–Kier alpha value is -5.11. The standard InChI is InChI=1S/C46H51ClN4O3/c1-33(2)40-15-17-41(18-16-40)49(5)23-22-36-10-12-37(13-11-36)31-50-24-26-51(27-25-50)45(52)21-14-39-28-35(4)46(43(47)29-39)54-44-20-19-42(30-48-44)53-32-38-8-6-34(3)7-9-38/h6-21,28-30,33H,22-27,31-32H2,1-5H3/b21-14+. The summed E-state index contributed by atoms with van der Waals surface area (Å²) in [4.78, 5) is 24.1. The highest BCUT2D eigenvalue weighted by atomic mass is 35.5. The third-order valence-electron chi connectivity index (χ3n) is 9.96. The number of piperazine rings is 1. The number of nitrogens with zero attached hydrogens (tertiary/aromatic N) is 4. The van der Waals surface area contributed by atoms with E-state index in [0.717, 1.165) is 49.3 Å². The fourth-order valence-corrected chi connectivity index (χ4v) is 6.77. The zero-order chi connectivity index (χ0) is 38.0. The largest absolute Gasteiger partial charge is 0.487 e. The van der Waals surface area contributed by atoms with Crippen molar-refractivity contribution in [2.24, 2.45) is 0 Å². The van der Waals surface area contributed by atoms with Gasteiger partial charge in [-0.3, -0.25) is 9.69 Å². The van der Waals surface area contributed by atoms with Crippen LogP contribution in [0.1, 0.15) is 58.7 Å². The highest BCUT2D eigenvalue weighted by Crippen LogP contribution is 2.34. The van der Waals surface area contributed by atoms with Crippen molar-refractivity contribution < 1.29 is 14.3 Å². The second-order valence-electron chi connectivity index (χ2n) is 14.5. The number of aryl methyl sites for hydroxylation is 2. The van der Waals surface area contributed by atoms with E-state index in [1.54, 1.807) is 24.4 Å². The molecule has 0 unspecified atom stereocenters. The van der Waals surface area contributed by atoms with Crippen molar-refractivity contribution >= 4 is 29.3 Å². The normalized spacial score (nSPS) is 13.4. The van der Waals surface area contributed by atoms with E-state index in [2.05, 4.69) is 115 Å². The van der Waals surface area contributed by atoms with Gasteiger partial charge in [-0.2, -0.15) is 0 Å². The summed E-state index contributed by atoms with van der Waals surface area (Å²) >= 11 is 6.65. The van der Waals surface area contributed by atoms with Crippen LogP contribution in [0, 0.1) is 13.8 Å². The average Bonchev–Trinajstić information content (AvgIpc) is 3.18. The van der Waals surface area contributed by atoms with Gasteiger partial charge in [-0.25, -0.2) is 4.98 Å². The Bertz CT molecular complexity index is 1980. The Morgan fingerprint density at radius 3 is 2.20 bits per heavy atom. The number of carbonyl (C=O) groups excluding carboxylic acids is 1. The maximum atomic E-state index is 13.1. The molecule has 1 aliphatic heterocycles. The van der Waals surface area contributed by atoms with Gasteiger partial charge in [-0.1, -0.05) is 91.7 Å². The Morgan fingerprint density at radius 2 is 1.56 bits per heavy atom. The number of hydrogen-bond acceptors (Lipinski definition) is 6. The van der Waals surface area contributed by atoms with Gasteiger partial charge in [0.25, 0.3) is 0 Å². The van der Waals surface area contributed by atoms with Crippen molar-refractivity contribution in [3.63, 3.8) is 0 Å². The molecule has 1 saturated heterocycles. The Labute approximate surface area is 325 Å². The van der Waals surface area contributed by atoms with Gasteiger partial charge in [-0.15, -0.1) is 0 Å². The fourth-order valence-electron chi connectivity index (χ4n) is 6.46. The smallest absolute Gasteiger partial charge is 0.246 e. The molecular formula is C46H51ClN4O3. The van der Waals surface area contributed by atoms with E-state index in [0.29, 0.717) is 48.0 Å². The van der Waals surface area contributed by atoms with Crippen molar-refractivity contribution in [2.75, 3.05) is 44.7 Å². The Balaban J connectivity index is 0.928. The minimum absolute atomic E-state index is 0.00262. The number of likely N-dealkylation sites (N-methyl/N-ethyl adjacent to an activating group) is 1. The van der Waals surface area contributed by atoms with E-state index in [1.165, 1.54) is 27.9 Å². The van der Waals surface area contributed by atoms with Crippen LogP contribution in [-0.4, -0.2) is 60.5 Å². The van der Waals surface area contributed by atoms with Crippen LogP contribution in [0.2, 0.25) is 5.02 Å². The highest BCUT2D eigenvalue weighted by molar-refractivity contribution is 6.32. The number of amides is 1. The summed E-state index contributed by atoms with van der Waals surface area (Å²) in [7, 11) is 2.16. The molecular weight excluding hydrogens is 692 g/mol. The second kappa shape index (κ2) is 18.3. The molecule has 0 radical (unpaired) electrons. The first kappa shape index (κ1) is 38.6. The van der Waals surface area contributed by atoms with Gasteiger partial charge in [0, 0.05) is 64.1 Å². The molecule has 2 heterocycles. The number of carbonyl (C=O) groups is 1. The van der Waals surface area contributed by atoms with Crippen LogP contribution in [0.4, 0.5) is 5.69 Å². The highest BCUT2D eigenvalue weighted by Gasteiger charge is 2.20. The molecule has 280 valence electrons. The number of hydrogen-bond donors (Lipinski definition) is 0.